The van der Waals surface area contributed by atoms with Gasteiger partial charge < -0.3 is 0 Å². The van der Waals surface area contributed by atoms with Crippen LogP contribution < -0.4 is 0 Å². The van der Waals surface area contributed by atoms with Crippen LogP contribution in [0.15, 0.2) is 0 Å². The second kappa shape index (κ2) is 2.91. The van der Waals surface area contributed by atoms with E-state index in [0.717, 1.165) is 0 Å². The van der Waals surface area contributed by atoms with Crippen LogP contribution in [0.4, 0.5) is 43.9 Å². The van der Waals surface area contributed by atoms with Crippen molar-refractivity contribution in [3.8, 4) is 0 Å². The molecule has 0 radical (unpaired) electrons. The molecule has 1 fully saturated rings. The molecule has 20 heavy (non-hydrogen) atoms. The summed E-state index contributed by atoms with van der Waals surface area (Å²) in [5.41, 5.74) is -15.3. The molecule has 0 nitrogen and oxygen atoms in total. The molecule has 1 aromatic carbocycles. The van der Waals surface area contributed by atoms with Crippen molar-refractivity contribution in [2.75, 3.05) is 0 Å². The van der Waals surface area contributed by atoms with Crippen LogP contribution in [0.1, 0.15) is 11.1 Å². The van der Waals surface area contributed by atoms with Crippen molar-refractivity contribution in [3.05, 3.63) is 34.4 Å². The minimum Gasteiger partial charge on any atom is -0.227 e. The fourth-order valence-corrected chi connectivity index (χ4v) is 2.58. The highest BCUT2D eigenvalue weighted by Gasteiger charge is 3.08. The molecule has 2 unspecified atom stereocenters. The van der Waals surface area contributed by atoms with Crippen LogP contribution >= 0.6 is 0 Å². The van der Waals surface area contributed by atoms with Gasteiger partial charge in [0, 0.05) is 0 Å². The van der Waals surface area contributed by atoms with Gasteiger partial charge in [-0.1, -0.05) is 0 Å². The zero-order chi connectivity index (χ0) is 15.5. The lowest BCUT2D eigenvalue weighted by molar-refractivity contribution is -0.137. The molecule has 2 aliphatic carbocycles. The average Bonchev–Trinajstić information content (AvgIpc) is 2.63. The van der Waals surface area contributed by atoms with E-state index < -0.39 is 57.6 Å². The minimum atomic E-state index is -5.56. The predicted octanol–water partition coefficient (Wildman–Crippen LogP) is 3.87. The lowest BCUT2D eigenvalue weighted by Gasteiger charge is -2.19. The highest BCUT2D eigenvalue weighted by molar-refractivity contribution is 5.62. The van der Waals surface area contributed by atoms with Gasteiger partial charge in [0.1, 0.15) is 0 Å². The molecule has 10 heteroatoms. The number of hydrogen-bond acceptors (Lipinski definition) is 0. The van der Waals surface area contributed by atoms with E-state index in [1.807, 2.05) is 0 Å². The lowest BCUT2D eigenvalue weighted by atomic mass is 9.99. The molecular weight excluding hydrogens is 310 g/mol. The van der Waals surface area contributed by atoms with E-state index in [0.29, 0.717) is 0 Å². The Morgan fingerprint density at radius 1 is 0.550 bits per heavy atom. The Morgan fingerprint density at radius 3 is 1.40 bits per heavy atom. The van der Waals surface area contributed by atoms with Crippen LogP contribution in [0, 0.1) is 23.3 Å². The number of hydrogen-bond donors (Lipinski definition) is 0. The first kappa shape index (κ1) is 13.5. The van der Waals surface area contributed by atoms with Gasteiger partial charge in [0.15, 0.2) is 23.3 Å². The Kier molecular flexibility index (Phi) is 1.97. The summed E-state index contributed by atoms with van der Waals surface area (Å²) in [5.74, 6) is -22.1. The maximum atomic E-state index is 13.8. The fourth-order valence-electron chi connectivity index (χ4n) is 2.58. The molecule has 0 bridgehead atoms. The summed E-state index contributed by atoms with van der Waals surface area (Å²) in [6, 6.07) is 0. The quantitative estimate of drug-likeness (QED) is 0.388. The summed E-state index contributed by atoms with van der Waals surface area (Å²) in [4.78, 5) is 0. The third-order valence-electron chi connectivity index (χ3n) is 3.64. The first-order valence-corrected chi connectivity index (χ1v) is 4.89. The maximum absolute atomic E-state index is 13.8. The molecule has 0 saturated heterocycles. The van der Waals surface area contributed by atoms with Crippen LogP contribution in [0.25, 0.3) is 0 Å². The number of halogens is 10. The molecule has 110 valence electrons. The summed E-state index contributed by atoms with van der Waals surface area (Å²) in [6.45, 7) is 0. The van der Waals surface area contributed by atoms with Crippen molar-refractivity contribution >= 4 is 0 Å². The number of fused-ring (bicyclic) bond motifs is 3. The van der Waals surface area contributed by atoms with Crippen molar-refractivity contribution in [3.63, 3.8) is 0 Å². The monoisotopic (exact) mass is 310 g/mol. The van der Waals surface area contributed by atoms with E-state index in [9.17, 15) is 43.9 Å². The Bertz CT molecular complexity index is 665. The highest BCUT2D eigenvalue weighted by atomic mass is 19.3. The summed E-state index contributed by atoms with van der Waals surface area (Å²) in [7, 11) is 0. The van der Waals surface area contributed by atoms with Crippen LogP contribution in [-0.4, -0.2) is 11.6 Å². The van der Waals surface area contributed by atoms with Gasteiger partial charge >= 0.3 is 11.8 Å². The third kappa shape index (κ3) is 0.848. The zero-order valence-electron chi connectivity index (χ0n) is 8.78. The fraction of sp³-hybridized carbons (Fsp3) is 0.400. The smallest absolute Gasteiger partial charge is 0.227 e. The predicted molar refractivity (Wildman–Crippen MR) is 41.7 cm³/mol. The van der Waals surface area contributed by atoms with Crippen LogP contribution in [0.3, 0.4) is 0 Å². The van der Waals surface area contributed by atoms with Crippen LogP contribution in [-0.2, 0) is 11.6 Å². The average molecular weight is 310 g/mol. The summed E-state index contributed by atoms with van der Waals surface area (Å²) >= 11 is 0. The van der Waals surface area contributed by atoms with Gasteiger partial charge in [-0.3, -0.25) is 0 Å². The Morgan fingerprint density at radius 2 is 0.950 bits per heavy atom. The SMILES string of the molecule is Fc1c(F)c(F)c2c(c1F)C(F)(F)C1(F)C(F)(F)C21F. The molecule has 3 rings (SSSR count). The van der Waals surface area contributed by atoms with Crippen molar-refractivity contribution in [2.24, 2.45) is 0 Å². The van der Waals surface area contributed by atoms with Gasteiger partial charge in [0.2, 0.25) is 0 Å². The van der Waals surface area contributed by atoms with Crippen molar-refractivity contribution in [2.45, 2.75) is 23.2 Å². The van der Waals surface area contributed by atoms with Gasteiger partial charge in [-0.25, -0.2) is 26.3 Å². The molecule has 1 aromatic rings. The van der Waals surface area contributed by atoms with Gasteiger partial charge in [-0.15, -0.1) is 0 Å². The second-order valence-corrected chi connectivity index (χ2v) is 4.47. The molecule has 0 spiro atoms. The molecule has 0 aliphatic heterocycles. The van der Waals surface area contributed by atoms with E-state index >= 15 is 0 Å². The Balaban J connectivity index is 2.51. The largest absolute Gasteiger partial charge is 0.332 e. The zero-order valence-corrected chi connectivity index (χ0v) is 8.78. The molecule has 1 saturated carbocycles. The standard InChI is InChI=1S/C10F10/c11-3-1-2(4(12)6(14)5(3)13)8(16,17)9(18)7(1,15)10(9,19)20. The van der Waals surface area contributed by atoms with E-state index in [1.165, 1.54) is 0 Å². The number of rotatable bonds is 0. The number of alkyl halides is 6. The summed E-state index contributed by atoms with van der Waals surface area (Å²) < 4.78 is 132. The van der Waals surface area contributed by atoms with Crippen molar-refractivity contribution in [1.29, 1.82) is 0 Å². The molecule has 0 heterocycles. The second-order valence-electron chi connectivity index (χ2n) is 4.47. The topological polar surface area (TPSA) is 0 Å². The first-order valence-electron chi connectivity index (χ1n) is 4.89. The van der Waals surface area contributed by atoms with Gasteiger partial charge in [-0.2, -0.15) is 17.6 Å². The van der Waals surface area contributed by atoms with Gasteiger partial charge in [0.25, 0.3) is 11.3 Å². The third-order valence-corrected chi connectivity index (χ3v) is 3.64. The van der Waals surface area contributed by atoms with Crippen molar-refractivity contribution < 1.29 is 43.9 Å². The van der Waals surface area contributed by atoms with E-state index in [-0.39, 0.29) is 0 Å². The summed E-state index contributed by atoms with van der Waals surface area (Å²) in [6.07, 6.45) is 0. The van der Waals surface area contributed by atoms with E-state index in [2.05, 4.69) is 0 Å². The highest BCUT2D eigenvalue weighted by Crippen LogP contribution is 2.84. The normalized spacial score (nSPS) is 35.7. The lowest BCUT2D eigenvalue weighted by Crippen LogP contribution is -2.34. The Labute approximate surface area is 103 Å². The van der Waals surface area contributed by atoms with Crippen LogP contribution in [0.2, 0.25) is 0 Å². The van der Waals surface area contributed by atoms with Gasteiger partial charge in [-0.05, 0) is 0 Å². The molecule has 2 aliphatic rings. The van der Waals surface area contributed by atoms with Gasteiger partial charge in [0.05, 0.1) is 11.1 Å². The molecular formula is C10F10. The molecule has 0 amide bonds. The molecule has 2 atom stereocenters. The molecule has 0 N–H and O–H groups in total. The van der Waals surface area contributed by atoms with E-state index in [4.69, 9.17) is 0 Å². The maximum Gasteiger partial charge on any atom is 0.332 e. The van der Waals surface area contributed by atoms with Crippen molar-refractivity contribution in [1.82, 2.24) is 0 Å². The molecule has 0 aromatic heterocycles. The first-order chi connectivity index (χ1) is 8.89. The summed E-state index contributed by atoms with van der Waals surface area (Å²) in [5, 5.41) is 0. The number of benzene rings is 1. The minimum absolute atomic E-state index is 2.52. The Hall–Kier alpha value is -1.48. The van der Waals surface area contributed by atoms with Crippen LogP contribution in [0.5, 0.6) is 0 Å². The van der Waals surface area contributed by atoms with E-state index in [1.54, 1.807) is 0 Å².